The van der Waals surface area contributed by atoms with Gasteiger partial charge < -0.3 is 5.11 Å². The van der Waals surface area contributed by atoms with Crippen molar-refractivity contribution in [3.05, 3.63) is 48.6 Å². The smallest absolute Gasteiger partial charge is 0.165 e. The number of ketones is 1. The molecule has 0 aliphatic rings. The molecule has 80 valence electrons. The third kappa shape index (κ3) is 3.68. The van der Waals surface area contributed by atoms with Crippen LogP contribution in [0.25, 0.3) is 0 Å². The van der Waals surface area contributed by atoms with Crippen molar-refractivity contribution < 1.29 is 9.90 Å². The molecule has 0 amide bonds. The summed E-state index contributed by atoms with van der Waals surface area (Å²) in [7, 11) is 0. The first-order valence-corrected chi connectivity index (χ1v) is 4.97. The molecule has 0 bridgehead atoms. The quantitative estimate of drug-likeness (QED) is 0.591. The molecule has 1 atom stereocenters. The molecule has 0 heterocycles. The fraction of sp³-hybridized carbons (Fsp3) is 0.308. The largest absolute Gasteiger partial charge is 0.389 e. The lowest BCUT2D eigenvalue weighted by Gasteiger charge is -2.20. The summed E-state index contributed by atoms with van der Waals surface area (Å²) in [6.07, 6.45) is 2.17. The maximum absolute atomic E-state index is 11.7. The van der Waals surface area contributed by atoms with Crippen molar-refractivity contribution >= 4 is 5.78 Å². The van der Waals surface area contributed by atoms with Gasteiger partial charge in [-0.15, -0.1) is 6.58 Å². The SMILES string of the molecule is C=CCC(C)(O)CC(=O)c1ccccc1. The Kier molecular flexibility index (Phi) is 3.81. The van der Waals surface area contributed by atoms with Gasteiger partial charge in [-0.25, -0.2) is 0 Å². The highest BCUT2D eigenvalue weighted by Crippen LogP contribution is 2.18. The molecule has 0 aliphatic heterocycles. The highest BCUT2D eigenvalue weighted by Gasteiger charge is 2.23. The normalized spacial score (nSPS) is 14.3. The third-order valence-electron chi connectivity index (χ3n) is 2.22. The Bertz CT molecular complexity index is 339. The summed E-state index contributed by atoms with van der Waals surface area (Å²) in [5, 5.41) is 9.85. The summed E-state index contributed by atoms with van der Waals surface area (Å²) in [6.45, 7) is 5.20. The van der Waals surface area contributed by atoms with Crippen LogP contribution >= 0.6 is 0 Å². The Morgan fingerprint density at radius 3 is 2.60 bits per heavy atom. The first-order valence-electron chi connectivity index (χ1n) is 4.97. The van der Waals surface area contributed by atoms with E-state index in [0.717, 1.165) is 0 Å². The maximum atomic E-state index is 11.7. The maximum Gasteiger partial charge on any atom is 0.165 e. The van der Waals surface area contributed by atoms with Crippen molar-refractivity contribution in [2.75, 3.05) is 0 Å². The number of rotatable bonds is 5. The third-order valence-corrected chi connectivity index (χ3v) is 2.22. The number of benzene rings is 1. The Morgan fingerprint density at radius 1 is 1.47 bits per heavy atom. The average Bonchev–Trinajstić information content (AvgIpc) is 2.18. The lowest BCUT2D eigenvalue weighted by Crippen LogP contribution is -2.27. The van der Waals surface area contributed by atoms with Crippen LogP contribution in [-0.2, 0) is 0 Å². The van der Waals surface area contributed by atoms with Crippen molar-refractivity contribution in [2.24, 2.45) is 0 Å². The van der Waals surface area contributed by atoms with Gasteiger partial charge in [-0.2, -0.15) is 0 Å². The second-order valence-corrected chi connectivity index (χ2v) is 3.96. The summed E-state index contributed by atoms with van der Waals surface area (Å²) in [5.41, 5.74) is -0.351. The molecule has 0 radical (unpaired) electrons. The summed E-state index contributed by atoms with van der Waals surface area (Å²) in [6, 6.07) is 9.00. The van der Waals surface area contributed by atoms with Crippen LogP contribution in [0.4, 0.5) is 0 Å². The van der Waals surface area contributed by atoms with Gasteiger partial charge in [-0.3, -0.25) is 4.79 Å². The minimum absolute atomic E-state index is 0.0394. The van der Waals surface area contributed by atoms with E-state index >= 15 is 0 Å². The molecule has 0 spiro atoms. The zero-order chi connectivity index (χ0) is 11.3. The van der Waals surface area contributed by atoms with Gasteiger partial charge in [0.15, 0.2) is 5.78 Å². The van der Waals surface area contributed by atoms with Gasteiger partial charge in [-0.1, -0.05) is 36.4 Å². The van der Waals surface area contributed by atoms with Crippen LogP contribution in [-0.4, -0.2) is 16.5 Å². The Morgan fingerprint density at radius 2 is 2.07 bits per heavy atom. The van der Waals surface area contributed by atoms with E-state index in [-0.39, 0.29) is 12.2 Å². The van der Waals surface area contributed by atoms with Gasteiger partial charge >= 0.3 is 0 Å². The molecule has 1 aromatic carbocycles. The Balaban J connectivity index is 2.68. The van der Waals surface area contributed by atoms with E-state index in [1.165, 1.54) is 0 Å². The van der Waals surface area contributed by atoms with Gasteiger partial charge in [0.1, 0.15) is 0 Å². The monoisotopic (exact) mass is 204 g/mol. The predicted octanol–water partition coefficient (Wildman–Crippen LogP) is 2.59. The summed E-state index contributed by atoms with van der Waals surface area (Å²) in [4.78, 5) is 11.7. The molecular weight excluding hydrogens is 188 g/mol. The van der Waals surface area contributed by atoms with Crippen molar-refractivity contribution in [3.63, 3.8) is 0 Å². The van der Waals surface area contributed by atoms with Crippen molar-refractivity contribution in [3.8, 4) is 0 Å². The van der Waals surface area contributed by atoms with Crippen molar-refractivity contribution in [2.45, 2.75) is 25.4 Å². The molecule has 1 aromatic rings. The number of Topliss-reactive ketones (excluding diaryl/α,β-unsaturated/α-hetero) is 1. The van der Waals surface area contributed by atoms with Crippen LogP contribution < -0.4 is 0 Å². The summed E-state index contributed by atoms with van der Waals surface area (Å²) >= 11 is 0. The Hall–Kier alpha value is -1.41. The standard InChI is InChI=1S/C13H16O2/c1-3-9-13(2,15)10-12(14)11-7-5-4-6-8-11/h3-8,15H,1,9-10H2,2H3. The van der Waals surface area contributed by atoms with E-state index in [1.54, 1.807) is 25.1 Å². The molecule has 0 saturated heterocycles. The molecule has 2 heteroatoms. The first-order chi connectivity index (χ1) is 7.05. The molecular formula is C13H16O2. The molecule has 0 aromatic heterocycles. The summed E-state index contributed by atoms with van der Waals surface area (Å²) in [5.74, 6) is -0.0394. The van der Waals surface area contributed by atoms with E-state index in [0.29, 0.717) is 12.0 Å². The molecule has 1 rings (SSSR count). The van der Waals surface area contributed by atoms with E-state index in [2.05, 4.69) is 6.58 Å². The van der Waals surface area contributed by atoms with Crippen LogP contribution in [0.5, 0.6) is 0 Å². The van der Waals surface area contributed by atoms with Crippen LogP contribution in [0.2, 0.25) is 0 Å². The molecule has 2 nitrogen and oxygen atoms in total. The fourth-order valence-corrected chi connectivity index (χ4v) is 1.46. The first kappa shape index (κ1) is 11.7. The molecule has 0 saturated carbocycles. The second kappa shape index (κ2) is 4.89. The molecule has 1 unspecified atom stereocenters. The predicted molar refractivity (Wildman–Crippen MR) is 60.8 cm³/mol. The van der Waals surface area contributed by atoms with Crippen molar-refractivity contribution in [1.82, 2.24) is 0 Å². The number of hydrogen-bond acceptors (Lipinski definition) is 2. The fourth-order valence-electron chi connectivity index (χ4n) is 1.46. The lowest BCUT2D eigenvalue weighted by molar-refractivity contribution is 0.0479. The highest BCUT2D eigenvalue weighted by atomic mass is 16.3. The minimum atomic E-state index is -0.991. The molecule has 0 aliphatic carbocycles. The van der Waals surface area contributed by atoms with Gasteiger partial charge in [0, 0.05) is 12.0 Å². The van der Waals surface area contributed by atoms with Gasteiger partial charge in [0.25, 0.3) is 0 Å². The van der Waals surface area contributed by atoms with Gasteiger partial charge in [-0.05, 0) is 13.3 Å². The van der Waals surface area contributed by atoms with E-state index < -0.39 is 5.60 Å². The number of hydrogen-bond donors (Lipinski definition) is 1. The average molecular weight is 204 g/mol. The van der Waals surface area contributed by atoms with Crippen LogP contribution in [0, 0.1) is 0 Å². The topological polar surface area (TPSA) is 37.3 Å². The van der Waals surface area contributed by atoms with Crippen LogP contribution in [0.3, 0.4) is 0 Å². The van der Waals surface area contributed by atoms with Gasteiger partial charge in [0.05, 0.1) is 5.60 Å². The van der Waals surface area contributed by atoms with E-state index in [9.17, 15) is 9.90 Å². The zero-order valence-corrected chi connectivity index (χ0v) is 8.94. The highest BCUT2D eigenvalue weighted by molar-refractivity contribution is 5.96. The minimum Gasteiger partial charge on any atom is -0.389 e. The lowest BCUT2D eigenvalue weighted by atomic mass is 9.93. The Labute approximate surface area is 90.3 Å². The molecule has 15 heavy (non-hydrogen) atoms. The zero-order valence-electron chi connectivity index (χ0n) is 8.94. The second-order valence-electron chi connectivity index (χ2n) is 3.96. The van der Waals surface area contributed by atoms with E-state index in [1.807, 2.05) is 18.2 Å². The number of carbonyl (C=O) groups excluding carboxylic acids is 1. The number of aliphatic hydroxyl groups is 1. The van der Waals surface area contributed by atoms with Crippen LogP contribution in [0.15, 0.2) is 43.0 Å². The molecule has 1 N–H and O–H groups in total. The van der Waals surface area contributed by atoms with Crippen molar-refractivity contribution in [1.29, 1.82) is 0 Å². The number of carbonyl (C=O) groups is 1. The molecule has 0 fully saturated rings. The van der Waals surface area contributed by atoms with Gasteiger partial charge in [0.2, 0.25) is 0 Å². The summed E-state index contributed by atoms with van der Waals surface area (Å²) < 4.78 is 0. The van der Waals surface area contributed by atoms with Crippen LogP contribution in [0.1, 0.15) is 30.1 Å². The van der Waals surface area contributed by atoms with E-state index in [4.69, 9.17) is 0 Å².